The lowest BCUT2D eigenvalue weighted by molar-refractivity contribution is 0.328. The van der Waals surface area contributed by atoms with Crippen molar-refractivity contribution in [2.75, 3.05) is 37.7 Å². The Bertz CT molecular complexity index is 3690. The number of methoxy groups -OCH3 is 2. The second kappa shape index (κ2) is 27.8. The predicted molar refractivity (Wildman–Crippen MR) is 321 cm³/mol. The second-order valence-electron chi connectivity index (χ2n) is 18.9. The van der Waals surface area contributed by atoms with Crippen molar-refractivity contribution in [1.29, 1.82) is 0 Å². The lowest BCUT2D eigenvalue weighted by Gasteiger charge is -2.27. The summed E-state index contributed by atoms with van der Waals surface area (Å²) < 4.78 is 26.4. The average Bonchev–Trinajstić information content (AvgIpc) is 4.24. The Morgan fingerprint density at radius 3 is 1.56 bits per heavy atom. The fourth-order valence-corrected chi connectivity index (χ4v) is 9.23. The van der Waals surface area contributed by atoms with Crippen molar-refractivity contribution >= 4 is 68.2 Å². The van der Waals surface area contributed by atoms with E-state index in [-0.39, 0.29) is 12.1 Å². The third kappa shape index (κ3) is 14.6. The van der Waals surface area contributed by atoms with Gasteiger partial charge in [0.1, 0.15) is 55.5 Å². The summed E-state index contributed by atoms with van der Waals surface area (Å²) in [7, 11) is 3.34. The zero-order chi connectivity index (χ0) is 57.6. The van der Waals surface area contributed by atoms with E-state index in [9.17, 15) is 0 Å². The number of nitrogens with one attached hydrogen (secondary N) is 1. The third-order valence-electron chi connectivity index (χ3n) is 12.6. The van der Waals surface area contributed by atoms with E-state index in [0.717, 1.165) is 90.0 Å². The van der Waals surface area contributed by atoms with Gasteiger partial charge in [-0.15, -0.1) is 11.6 Å². The molecule has 0 radical (unpaired) electrons. The molecule has 0 bridgehead atoms. The van der Waals surface area contributed by atoms with Crippen LogP contribution in [-0.4, -0.2) is 86.9 Å². The number of pyridine rings is 4. The summed E-state index contributed by atoms with van der Waals surface area (Å²) in [5.74, 6) is 4.24. The maximum absolute atomic E-state index is 6.26. The Labute approximate surface area is 486 Å². The molecule has 0 aliphatic carbocycles. The minimum absolute atomic E-state index is 0.116. The maximum Gasteiger partial charge on any atom is 0.222 e. The molecule has 0 spiro atoms. The Morgan fingerprint density at radius 1 is 0.568 bits per heavy atom. The standard InChI is InChI=1S/C30H32ClN7O2.C25H29N5O2.C5H4Cl2N2/c1-6-40-30-23(8-7-14-33-30)24-16-25(29-28(34-24)20(4)36-38(29)19(2)3)37(18-27-32-15-13-26(31)35-27)17-21-9-11-22(39-5)12-10-21;1-6-32-25-20(8-7-13-26-25)21-14-22(27-15-18-9-11-19(31-5)12-10-18)24-23(28-21)17(4)29-30(24)16(2)3;6-3-5-8-2-1-4(7)9-5/h7-16,19H,6,17-18H2,1-5H3;7-14,16H,6,15H2,1-5H3,(H,27,28);1-2H,3H2. The number of anilines is 2. The average molecular weight is 1150 g/mol. The first-order valence-electron chi connectivity index (χ1n) is 26.4. The van der Waals surface area contributed by atoms with Crippen molar-refractivity contribution in [3.05, 3.63) is 166 Å². The van der Waals surface area contributed by atoms with E-state index < -0.39 is 0 Å². The quantitative estimate of drug-likeness (QED) is 0.0593. The molecule has 21 heteroatoms. The van der Waals surface area contributed by atoms with E-state index >= 15 is 0 Å². The van der Waals surface area contributed by atoms with Crippen molar-refractivity contribution in [2.24, 2.45) is 0 Å². The number of nitrogens with zero attached hydrogens (tertiary/aromatic N) is 13. The molecule has 8 aromatic heterocycles. The number of ether oxygens (including phenoxy) is 4. The van der Waals surface area contributed by atoms with Gasteiger partial charge in [0, 0.05) is 50.0 Å². The van der Waals surface area contributed by atoms with Gasteiger partial charge < -0.3 is 29.2 Å². The Kier molecular flexibility index (Phi) is 20.2. The van der Waals surface area contributed by atoms with Crippen molar-refractivity contribution in [2.45, 2.75) is 93.0 Å². The molecule has 0 aliphatic rings. The van der Waals surface area contributed by atoms with Gasteiger partial charge in [0.15, 0.2) is 0 Å². The Hall–Kier alpha value is -8.19. The molecule has 81 heavy (non-hydrogen) atoms. The van der Waals surface area contributed by atoms with Gasteiger partial charge in [0.05, 0.1) is 85.1 Å². The minimum Gasteiger partial charge on any atom is -0.497 e. The first kappa shape index (κ1) is 58.9. The molecule has 420 valence electrons. The number of aryl methyl sites for hydroxylation is 2. The lowest BCUT2D eigenvalue weighted by Crippen LogP contribution is -2.24. The van der Waals surface area contributed by atoms with E-state index in [1.54, 1.807) is 51.1 Å². The Morgan fingerprint density at radius 2 is 1.06 bits per heavy atom. The number of hydrogen-bond donors (Lipinski definition) is 1. The first-order valence-corrected chi connectivity index (χ1v) is 27.7. The molecule has 10 aromatic rings. The number of benzene rings is 2. The third-order valence-corrected chi connectivity index (χ3v) is 13.2. The molecular formula is C60H65Cl3N14O4. The van der Waals surface area contributed by atoms with E-state index in [4.69, 9.17) is 73.9 Å². The molecule has 0 saturated heterocycles. The molecule has 0 atom stereocenters. The van der Waals surface area contributed by atoms with Gasteiger partial charge in [-0.2, -0.15) is 10.2 Å². The van der Waals surface area contributed by atoms with Crippen molar-refractivity contribution < 1.29 is 18.9 Å². The highest BCUT2D eigenvalue weighted by atomic mass is 35.5. The molecule has 0 amide bonds. The largest absolute Gasteiger partial charge is 0.497 e. The molecular weight excluding hydrogens is 1090 g/mol. The van der Waals surface area contributed by atoms with Crippen LogP contribution in [-0.2, 0) is 25.5 Å². The topological polar surface area (TPSA) is 191 Å². The molecule has 1 N–H and O–H groups in total. The highest BCUT2D eigenvalue weighted by Crippen LogP contribution is 2.39. The molecule has 18 nitrogen and oxygen atoms in total. The highest BCUT2D eigenvalue weighted by molar-refractivity contribution is 6.29. The monoisotopic (exact) mass is 1150 g/mol. The second-order valence-corrected chi connectivity index (χ2v) is 20.0. The normalized spacial score (nSPS) is 11.0. The van der Waals surface area contributed by atoms with Crippen LogP contribution < -0.4 is 29.2 Å². The summed E-state index contributed by atoms with van der Waals surface area (Å²) in [6.45, 7) is 19.1. The van der Waals surface area contributed by atoms with Crippen LogP contribution in [0, 0.1) is 13.8 Å². The number of alkyl halides is 1. The summed E-state index contributed by atoms with van der Waals surface area (Å²) in [5, 5.41) is 14.1. The molecule has 0 saturated carbocycles. The van der Waals surface area contributed by atoms with Crippen LogP contribution in [0.2, 0.25) is 10.3 Å². The highest BCUT2D eigenvalue weighted by Gasteiger charge is 2.25. The summed E-state index contributed by atoms with van der Waals surface area (Å²) >= 11 is 17.2. The summed E-state index contributed by atoms with van der Waals surface area (Å²) in [6.07, 6.45) is 6.71. The van der Waals surface area contributed by atoms with Gasteiger partial charge in [-0.3, -0.25) is 9.36 Å². The summed E-state index contributed by atoms with van der Waals surface area (Å²) in [4.78, 5) is 37.8. The van der Waals surface area contributed by atoms with Gasteiger partial charge >= 0.3 is 0 Å². The molecule has 0 unspecified atom stereocenters. The number of aromatic nitrogens is 12. The van der Waals surface area contributed by atoms with Crippen molar-refractivity contribution in [1.82, 2.24) is 59.4 Å². The fraction of sp³-hybridized carbons (Fsp3) is 0.300. The number of fused-ring (bicyclic) bond motifs is 2. The van der Waals surface area contributed by atoms with Crippen LogP contribution in [0.15, 0.2) is 122 Å². The van der Waals surface area contributed by atoms with Crippen LogP contribution in [0.3, 0.4) is 0 Å². The molecule has 0 aliphatic heterocycles. The number of hydrogen-bond acceptors (Lipinski definition) is 16. The summed E-state index contributed by atoms with van der Waals surface area (Å²) in [6, 6.07) is 31.6. The van der Waals surface area contributed by atoms with Gasteiger partial charge in [0.2, 0.25) is 11.8 Å². The first-order chi connectivity index (χ1) is 39.2. The fourth-order valence-electron chi connectivity index (χ4n) is 8.80. The smallest absolute Gasteiger partial charge is 0.222 e. The predicted octanol–water partition coefficient (Wildman–Crippen LogP) is 13.7. The lowest BCUT2D eigenvalue weighted by atomic mass is 10.1. The Balaban J connectivity index is 0.000000187. The SMILES string of the molecule is CCOc1ncccc1-c1cc(N(Cc2ccc(OC)cc2)Cc2nccc(Cl)n2)c2c(n1)c(C)nn2C(C)C.CCOc1ncccc1-c1cc(NCc2ccc(OC)cc2)c2c(n1)c(C)nn2C(C)C.ClCc1nccc(Cl)n1. The van der Waals surface area contributed by atoms with Crippen LogP contribution in [0.4, 0.5) is 11.4 Å². The molecule has 8 heterocycles. The minimum atomic E-state index is 0.116. The van der Waals surface area contributed by atoms with Gasteiger partial charge in [-0.25, -0.2) is 39.9 Å². The van der Waals surface area contributed by atoms with E-state index in [1.807, 2.05) is 85.6 Å². The molecule has 0 fully saturated rings. The zero-order valence-corrected chi connectivity index (χ0v) is 49.3. The molecule has 2 aromatic carbocycles. The van der Waals surface area contributed by atoms with E-state index in [2.05, 4.69) is 104 Å². The zero-order valence-electron chi connectivity index (χ0n) is 47.0. The van der Waals surface area contributed by atoms with E-state index in [1.165, 1.54) is 0 Å². The van der Waals surface area contributed by atoms with Gasteiger partial charge in [0.25, 0.3) is 0 Å². The van der Waals surface area contributed by atoms with Crippen LogP contribution >= 0.6 is 34.8 Å². The number of halogens is 3. The molecule has 10 rings (SSSR count). The van der Waals surface area contributed by atoms with Crippen molar-refractivity contribution in [3.63, 3.8) is 0 Å². The van der Waals surface area contributed by atoms with Crippen molar-refractivity contribution in [3.8, 4) is 45.8 Å². The van der Waals surface area contributed by atoms with Crippen LogP contribution in [0.5, 0.6) is 23.3 Å². The van der Waals surface area contributed by atoms with Crippen LogP contribution in [0.1, 0.15) is 87.8 Å². The summed E-state index contributed by atoms with van der Waals surface area (Å²) in [5.41, 5.74) is 12.8. The van der Waals surface area contributed by atoms with Crippen LogP contribution in [0.25, 0.3) is 44.6 Å². The van der Waals surface area contributed by atoms with Gasteiger partial charge in [-0.1, -0.05) is 47.5 Å². The maximum atomic E-state index is 6.26. The number of rotatable bonds is 19. The van der Waals surface area contributed by atoms with E-state index in [0.29, 0.717) is 72.4 Å². The van der Waals surface area contributed by atoms with Gasteiger partial charge in [-0.05, 0) is 139 Å².